The first-order valence-electron chi connectivity index (χ1n) is 9.66. The van der Waals surface area contributed by atoms with Crippen molar-refractivity contribution < 1.29 is 23.9 Å². The van der Waals surface area contributed by atoms with E-state index < -0.39 is 18.0 Å². The van der Waals surface area contributed by atoms with Gasteiger partial charge in [0.15, 0.2) is 6.10 Å². The fraction of sp³-hybridized carbons (Fsp3) is 0.409. The maximum atomic E-state index is 12.5. The summed E-state index contributed by atoms with van der Waals surface area (Å²) in [4.78, 5) is 39.7. The van der Waals surface area contributed by atoms with E-state index in [1.54, 1.807) is 20.8 Å². The number of esters is 2. The van der Waals surface area contributed by atoms with E-state index in [2.05, 4.69) is 10.3 Å². The summed E-state index contributed by atoms with van der Waals surface area (Å²) in [5.41, 5.74) is 2.52. The van der Waals surface area contributed by atoms with Gasteiger partial charge >= 0.3 is 11.9 Å². The van der Waals surface area contributed by atoms with Gasteiger partial charge < -0.3 is 19.8 Å². The fourth-order valence-corrected chi connectivity index (χ4v) is 3.03. The number of aromatic nitrogens is 1. The third kappa shape index (κ3) is 5.47. The Bertz CT molecular complexity index is 873. The molecule has 0 bridgehead atoms. The molecule has 0 saturated heterocycles. The molecule has 0 aliphatic rings. The lowest BCUT2D eigenvalue weighted by molar-refractivity contribution is -0.129. The Morgan fingerprint density at radius 2 is 1.72 bits per heavy atom. The maximum Gasteiger partial charge on any atom is 0.355 e. The molecule has 7 heteroatoms. The number of H-pyrrole nitrogens is 1. The first-order valence-corrected chi connectivity index (χ1v) is 9.66. The zero-order valence-electron chi connectivity index (χ0n) is 17.5. The van der Waals surface area contributed by atoms with Crippen molar-refractivity contribution in [3.63, 3.8) is 0 Å². The summed E-state index contributed by atoms with van der Waals surface area (Å²) in [5, 5.41) is 2.80. The van der Waals surface area contributed by atoms with Gasteiger partial charge in [0.2, 0.25) is 0 Å². The van der Waals surface area contributed by atoms with E-state index in [0.29, 0.717) is 23.4 Å². The number of amides is 1. The number of hydrogen-bond acceptors (Lipinski definition) is 5. The molecule has 1 aromatic carbocycles. The molecule has 1 aromatic heterocycles. The summed E-state index contributed by atoms with van der Waals surface area (Å²) in [6, 6.07) is 9.83. The van der Waals surface area contributed by atoms with E-state index in [-0.39, 0.29) is 24.1 Å². The highest BCUT2D eigenvalue weighted by atomic mass is 16.5. The number of ether oxygens (including phenoxy) is 2. The summed E-state index contributed by atoms with van der Waals surface area (Å²) in [6.45, 7) is 9.21. The van der Waals surface area contributed by atoms with Crippen molar-refractivity contribution in [3.8, 4) is 0 Å². The van der Waals surface area contributed by atoms with Crippen LogP contribution in [-0.4, -0.2) is 42.1 Å². The molecule has 2 atom stereocenters. The number of rotatable bonds is 8. The van der Waals surface area contributed by atoms with Crippen LogP contribution in [0.25, 0.3) is 0 Å². The summed E-state index contributed by atoms with van der Waals surface area (Å²) in [5.74, 6) is -1.45. The topological polar surface area (TPSA) is 97.5 Å². The molecule has 2 N–H and O–H groups in total. The standard InChI is InChI=1S/C22H28N2O5/c1-6-28-21(26)18-14(3)19(24-15(18)4)22(27)29-16(5)20(25)23-12-13(2)17-10-8-7-9-11-17/h7-11,13,16,24H,6,12H2,1-5H3,(H,23,25)/t13-,16-/m1/s1. The molecule has 7 nitrogen and oxygen atoms in total. The minimum atomic E-state index is -0.973. The quantitative estimate of drug-likeness (QED) is 0.663. The molecule has 0 radical (unpaired) electrons. The largest absolute Gasteiger partial charge is 0.462 e. The van der Waals surface area contributed by atoms with Gasteiger partial charge in [-0.15, -0.1) is 0 Å². The second kappa shape index (κ2) is 9.91. The zero-order chi connectivity index (χ0) is 21.6. The van der Waals surface area contributed by atoms with Crippen LogP contribution in [0.2, 0.25) is 0 Å². The monoisotopic (exact) mass is 400 g/mol. The molecule has 29 heavy (non-hydrogen) atoms. The van der Waals surface area contributed by atoms with Crippen LogP contribution in [0.1, 0.15) is 64.4 Å². The minimum Gasteiger partial charge on any atom is -0.462 e. The first-order chi connectivity index (χ1) is 13.8. The van der Waals surface area contributed by atoms with Crippen LogP contribution in [-0.2, 0) is 14.3 Å². The fourth-order valence-electron chi connectivity index (χ4n) is 3.03. The third-order valence-corrected chi connectivity index (χ3v) is 4.73. The van der Waals surface area contributed by atoms with Crippen molar-refractivity contribution in [1.82, 2.24) is 10.3 Å². The molecule has 0 saturated carbocycles. The minimum absolute atomic E-state index is 0.128. The lowest BCUT2D eigenvalue weighted by Crippen LogP contribution is -2.37. The van der Waals surface area contributed by atoms with Gasteiger partial charge in [-0.2, -0.15) is 0 Å². The number of benzene rings is 1. The Kier molecular flexibility index (Phi) is 7.59. The highest BCUT2D eigenvalue weighted by molar-refractivity contribution is 5.99. The van der Waals surface area contributed by atoms with Crippen LogP contribution in [0.5, 0.6) is 0 Å². The number of nitrogens with one attached hydrogen (secondary N) is 2. The van der Waals surface area contributed by atoms with Gasteiger partial charge in [0.25, 0.3) is 5.91 Å². The van der Waals surface area contributed by atoms with E-state index >= 15 is 0 Å². The van der Waals surface area contributed by atoms with E-state index in [0.717, 1.165) is 5.56 Å². The molecule has 0 aliphatic carbocycles. The molecule has 1 heterocycles. The molecule has 1 amide bonds. The highest BCUT2D eigenvalue weighted by Crippen LogP contribution is 2.20. The zero-order valence-corrected chi connectivity index (χ0v) is 17.5. The summed E-state index contributed by atoms with van der Waals surface area (Å²) < 4.78 is 10.3. The lowest BCUT2D eigenvalue weighted by atomic mass is 10.0. The van der Waals surface area contributed by atoms with Gasteiger partial charge in [-0.25, -0.2) is 9.59 Å². The first kappa shape index (κ1) is 22.2. The summed E-state index contributed by atoms with van der Waals surface area (Å²) in [7, 11) is 0. The van der Waals surface area contributed by atoms with Crippen LogP contribution in [0.15, 0.2) is 30.3 Å². The van der Waals surface area contributed by atoms with Gasteiger partial charge in [0.05, 0.1) is 12.2 Å². The van der Waals surface area contributed by atoms with Crippen molar-refractivity contribution in [2.24, 2.45) is 0 Å². The highest BCUT2D eigenvalue weighted by Gasteiger charge is 2.26. The van der Waals surface area contributed by atoms with Crippen molar-refractivity contribution in [1.29, 1.82) is 0 Å². The predicted molar refractivity (Wildman–Crippen MR) is 109 cm³/mol. The Balaban J connectivity index is 1.97. The van der Waals surface area contributed by atoms with Gasteiger partial charge in [-0.1, -0.05) is 37.3 Å². The number of carbonyl (C=O) groups excluding carboxylic acids is 3. The van der Waals surface area contributed by atoms with Crippen LogP contribution in [0.3, 0.4) is 0 Å². The van der Waals surface area contributed by atoms with Crippen LogP contribution in [0.4, 0.5) is 0 Å². The van der Waals surface area contributed by atoms with Crippen LogP contribution in [0, 0.1) is 13.8 Å². The van der Waals surface area contributed by atoms with Crippen molar-refractivity contribution in [3.05, 3.63) is 58.4 Å². The third-order valence-electron chi connectivity index (χ3n) is 4.73. The van der Waals surface area contributed by atoms with Crippen molar-refractivity contribution in [2.75, 3.05) is 13.2 Å². The Labute approximate surface area is 170 Å². The normalized spacial score (nSPS) is 12.7. The van der Waals surface area contributed by atoms with Crippen molar-refractivity contribution >= 4 is 17.8 Å². The van der Waals surface area contributed by atoms with E-state index in [1.807, 2.05) is 37.3 Å². The van der Waals surface area contributed by atoms with Gasteiger partial charge in [-0.05, 0) is 44.7 Å². The number of hydrogen-bond donors (Lipinski definition) is 2. The average molecular weight is 400 g/mol. The molecule has 156 valence electrons. The molecule has 0 fully saturated rings. The van der Waals surface area contributed by atoms with Crippen molar-refractivity contribution in [2.45, 2.75) is 46.6 Å². The maximum absolute atomic E-state index is 12.5. The van der Waals surface area contributed by atoms with E-state index in [1.165, 1.54) is 6.92 Å². The molecular formula is C22H28N2O5. The molecule has 2 rings (SSSR count). The SMILES string of the molecule is CCOC(=O)c1c(C)[nH]c(C(=O)O[C@H](C)C(=O)NC[C@@H](C)c2ccccc2)c1C. The Morgan fingerprint density at radius 3 is 2.34 bits per heavy atom. The molecular weight excluding hydrogens is 372 g/mol. The summed E-state index contributed by atoms with van der Waals surface area (Å²) >= 11 is 0. The van der Waals surface area contributed by atoms with Gasteiger partial charge in [0, 0.05) is 12.2 Å². The number of aryl methyl sites for hydroxylation is 1. The van der Waals surface area contributed by atoms with Crippen LogP contribution < -0.4 is 5.32 Å². The number of aromatic amines is 1. The average Bonchev–Trinajstić information content (AvgIpc) is 3.00. The summed E-state index contributed by atoms with van der Waals surface area (Å²) in [6.07, 6.45) is -0.973. The molecule has 0 spiro atoms. The second-order valence-electron chi connectivity index (χ2n) is 6.95. The molecule has 2 aromatic rings. The molecule has 0 aliphatic heterocycles. The number of carbonyl (C=O) groups is 3. The van der Waals surface area contributed by atoms with E-state index in [4.69, 9.17) is 9.47 Å². The van der Waals surface area contributed by atoms with Crippen LogP contribution >= 0.6 is 0 Å². The smallest absolute Gasteiger partial charge is 0.355 e. The van der Waals surface area contributed by atoms with Gasteiger partial charge in [-0.3, -0.25) is 4.79 Å². The predicted octanol–water partition coefficient (Wildman–Crippen LogP) is 3.27. The lowest BCUT2D eigenvalue weighted by Gasteiger charge is -2.16. The Morgan fingerprint density at radius 1 is 1.07 bits per heavy atom. The molecule has 0 unspecified atom stereocenters. The van der Waals surface area contributed by atoms with E-state index in [9.17, 15) is 14.4 Å². The second-order valence-corrected chi connectivity index (χ2v) is 6.95. The Hall–Kier alpha value is -3.09. The van der Waals surface area contributed by atoms with Gasteiger partial charge in [0.1, 0.15) is 5.69 Å².